The Hall–Kier alpha value is -3.40. The van der Waals surface area contributed by atoms with Crippen LogP contribution in [-0.4, -0.2) is 31.6 Å². The highest BCUT2D eigenvalue weighted by Crippen LogP contribution is 2.26. The number of nitrogens with zero attached hydrogens (tertiary/aromatic N) is 1. The second-order valence-corrected chi connectivity index (χ2v) is 7.93. The molecule has 8 nitrogen and oxygen atoms in total. The van der Waals surface area contributed by atoms with Crippen LogP contribution in [0, 0.1) is 19.7 Å². The molecule has 1 heterocycles. The van der Waals surface area contributed by atoms with E-state index in [1.54, 1.807) is 31.2 Å². The maximum Gasteiger partial charge on any atom is 0.263 e. The Morgan fingerprint density at radius 1 is 1.17 bits per heavy atom. The Balaban J connectivity index is 1.91. The van der Waals surface area contributed by atoms with Gasteiger partial charge in [-0.2, -0.15) is 5.10 Å². The van der Waals surface area contributed by atoms with E-state index in [1.807, 2.05) is 0 Å². The van der Waals surface area contributed by atoms with E-state index >= 15 is 0 Å². The zero-order valence-electron chi connectivity index (χ0n) is 15.9. The minimum Gasteiger partial charge on any atom is -0.495 e. The minimum atomic E-state index is -4.16. The van der Waals surface area contributed by atoms with Crippen molar-refractivity contribution < 1.29 is 22.3 Å². The number of halogens is 1. The third-order valence-electron chi connectivity index (χ3n) is 4.21. The largest absolute Gasteiger partial charge is 0.495 e. The van der Waals surface area contributed by atoms with E-state index < -0.39 is 21.7 Å². The van der Waals surface area contributed by atoms with Crippen LogP contribution in [0.3, 0.4) is 0 Å². The maximum atomic E-state index is 13.8. The molecule has 3 N–H and O–H groups in total. The number of hydrogen-bond acceptors (Lipinski definition) is 5. The van der Waals surface area contributed by atoms with Crippen molar-refractivity contribution in [1.29, 1.82) is 0 Å². The number of nitrogens with one attached hydrogen (secondary N) is 3. The molecule has 3 rings (SSSR count). The molecule has 10 heteroatoms. The molecule has 3 aromatic rings. The number of para-hydroxylation sites is 2. The van der Waals surface area contributed by atoms with Crippen LogP contribution >= 0.6 is 0 Å². The Morgan fingerprint density at radius 3 is 2.59 bits per heavy atom. The summed E-state index contributed by atoms with van der Waals surface area (Å²) in [5.41, 5.74) is 1.09. The Labute approximate surface area is 167 Å². The van der Waals surface area contributed by atoms with E-state index in [1.165, 1.54) is 26.2 Å². The van der Waals surface area contributed by atoms with Gasteiger partial charge < -0.3 is 10.1 Å². The van der Waals surface area contributed by atoms with Crippen molar-refractivity contribution in [1.82, 2.24) is 10.2 Å². The zero-order chi connectivity index (χ0) is 21.2. The second kappa shape index (κ2) is 7.92. The predicted molar refractivity (Wildman–Crippen MR) is 106 cm³/mol. The van der Waals surface area contributed by atoms with Crippen LogP contribution in [0.15, 0.2) is 47.4 Å². The summed E-state index contributed by atoms with van der Waals surface area (Å²) >= 11 is 0. The lowest BCUT2D eigenvalue weighted by Gasteiger charge is -2.11. The molecule has 0 spiro atoms. The van der Waals surface area contributed by atoms with Crippen LogP contribution in [0.1, 0.15) is 21.6 Å². The van der Waals surface area contributed by atoms with Crippen LogP contribution in [0.4, 0.5) is 15.9 Å². The Kier molecular flexibility index (Phi) is 5.55. The highest BCUT2D eigenvalue weighted by molar-refractivity contribution is 7.92. The van der Waals surface area contributed by atoms with Gasteiger partial charge in [-0.05, 0) is 43.7 Å². The number of carbonyl (C=O) groups is 1. The third-order valence-corrected chi connectivity index (χ3v) is 5.55. The molecule has 1 amide bonds. The van der Waals surface area contributed by atoms with Crippen molar-refractivity contribution >= 4 is 27.4 Å². The van der Waals surface area contributed by atoms with E-state index in [0.29, 0.717) is 22.7 Å². The number of H-pyrrole nitrogens is 1. The fourth-order valence-electron chi connectivity index (χ4n) is 2.64. The lowest BCUT2D eigenvalue weighted by molar-refractivity contribution is 0.102. The van der Waals surface area contributed by atoms with Crippen molar-refractivity contribution in [2.24, 2.45) is 0 Å². The highest BCUT2D eigenvalue weighted by Gasteiger charge is 2.24. The van der Waals surface area contributed by atoms with Gasteiger partial charge in [0.25, 0.3) is 15.9 Å². The van der Waals surface area contributed by atoms with Gasteiger partial charge in [-0.15, -0.1) is 0 Å². The smallest absolute Gasteiger partial charge is 0.263 e. The molecule has 0 aliphatic heterocycles. The standard InChI is InChI=1S/C19H19FN4O4S/c1-11-8-9-13(10-14(11)20)29(26,27)24-18-17(12(2)22-23-18)19(25)21-15-6-4-5-7-16(15)28-3/h4-10H,1-3H3,(H,21,25)(H2,22,23,24). The summed E-state index contributed by atoms with van der Waals surface area (Å²) in [6.45, 7) is 3.10. The number of aryl methyl sites for hydroxylation is 2. The summed E-state index contributed by atoms with van der Waals surface area (Å²) in [4.78, 5) is 12.5. The van der Waals surface area contributed by atoms with E-state index in [-0.39, 0.29) is 16.3 Å². The lowest BCUT2D eigenvalue weighted by atomic mass is 10.2. The molecule has 1 aromatic heterocycles. The number of aromatic nitrogens is 2. The molecule has 152 valence electrons. The normalized spacial score (nSPS) is 11.2. The van der Waals surface area contributed by atoms with Gasteiger partial charge in [0.05, 0.1) is 17.7 Å². The number of ether oxygens (including phenoxy) is 1. The number of anilines is 2. The molecule has 0 radical (unpaired) electrons. The zero-order valence-corrected chi connectivity index (χ0v) is 16.7. The molecule has 0 unspecified atom stereocenters. The lowest BCUT2D eigenvalue weighted by Crippen LogP contribution is -2.19. The van der Waals surface area contributed by atoms with Gasteiger partial charge in [-0.1, -0.05) is 18.2 Å². The molecule has 0 saturated carbocycles. The number of hydrogen-bond donors (Lipinski definition) is 3. The van der Waals surface area contributed by atoms with Crippen LogP contribution in [-0.2, 0) is 10.0 Å². The van der Waals surface area contributed by atoms with Crippen molar-refractivity contribution in [2.75, 3.05) is 17.1 Å². The number of sulfonamides is 1. The number of carbonyl (C=O) groups excluding carboxylic acids is 1. The SMILES string of the molecule is COc1ccccc1NC(=O)c1c(NS(=O)(=O)c2ccc(C)c(F)c2)n[nH]c1C. The summed E-state index contributed by atoms with van der Waals surface area (Å²) < 4.78 is 46.5. The quantitative estimate of drug-likeness (QED) is 0.569. The molecule has 0 fully saturated rings. The van der Waals surface area contributed by atoms with Crippen molar-refractivity contribution in [3.63, 3.8) is 0 Å². The van der Waals surface area contributed by atoms with Crippen LogP contribution in [0.2, 0.25) is 0 Å². The summed E-state index contributed by atoms with van der Waals surface area (Å²) in [6, 6.07) is 10.3. The van der Waals surface area contributed by atoms with E-state index in [4.69, 9.17) is 4.74 Å². The van der Waals surface area contributed by atoms with E-state index in [2.05, 4.69) is 20.2 Å². The maximum absolute atomic E-state index is 13.8. The van der Waals surface area contributed by atoms with Crippen molar-refractivity contribution in [3.05, 3.63) is 65.1 Å². The average Bonchev–Trinajstić information content (AvgIpc) is 3.03. The van der Waals surface area contributed by atoms with Gasteiger partial charge in [0.1, 0.15) is 17.1 Å². The van der Waals surface area contributed by atoms with Crippen molar-refractivity contribution in [2.45, 2.75) is 18.7 Å². The topological polar surface area (TPSA) is 113 Å². The van der Waals surface area contributed by atoms with Crippen LogP contribution in [0.25, 0.3) is 0 Å². The van der Waals surface area contributed by atoms with Crippen LogP contribution < -0.4 is 14.8 Å². The second-order valence-electron chi connectivity index (χ2n) is 6.24. The molecule has 29 heavy (non-hydrogen) atoms. The van der Waals surface area contributed by atoms with Gasteiger partial charge >= 0.3 is 0 Å². The van der Waals surface area contributed by atoms with Gasteiger partial charge in [0, 0.05) is 5.69 Å². The average molecular weight is 418 g/mol. The first-order valence-corrected chi connectivity index (χ1v) is 9.99. The molecule has 0 saturated heterocycles. The number of benzene rings is 2. The summed E-state index contributed by atoms with van der Waals surface area (Å²) in [5.74, 6) is -0.996. The summed E-state index contributed by atoms with van der Waals surface area (Å²) in [6.07, 6.45) is 0. The van der Waals surface area contributed by atoms with Gasteiger partial charge in [0.15, 0.2) is 5.82 Å². The van der Waals surface area contributed by atoms with Crippen LogP contribution in [0.5, 0.6) is 5.75 Å². The van der Waals surface area contributed by atoms with E-state index in [9.17, 15) is 17.6 Å². The minimum absolute atomic E-state index is 0.00654. The van der Waals surface area contributed by atoms with E-state index in [0.717, 1.165) is 6.07 Å². The van der Waals surface area contributed by atoms with Gasteiger partial charge in [0.2, 0.25) is 0 Å². The number of aromatic amines is 1. The molecule has 0 aliphatic rings. The third kappa shape index (κ3) is 4.21. The number of amides is 1. The molecule has 0 aliphatic carbocycles. The fraction of sp³-hybridized carbons (Fsp3) is 0.158. The fourth-order valence-corrected chi connectivity index (χ4v) is 3.67. The predicted octanol–water partition coefficient (Wildman–Crippen LogP) is 3.23. The van der Waals surface area contributed by atoms with Gasteiger partial charge in [-0.25, -0.2) is 12.8 Å². The van der Waals surface area contributed by atoms with Crippen molar-refractivity contribution in [3.8, 4) is 5.75 Å². The Morgan fingerprint density at radius 2 is 1.90 bits per heavy atom. The molecular formula is C19H19FN4O4S. The van der Waals surface area contributed by atoms with Gasteiger partial charge in [-0.3, -0.25) is 14.6 Å². The number of methoxy groups -OCH3 is 1. The molecule has 0 bridgehead atoms. The number of rotatable bonds is 6. The summed E-state index contributed by atoms with van der Waals surface area (Å²) in [5, 5.41) is 9.12. The summed E-state index contributed by atoms with van der Waals surface area (Å²) in [7, 11) is -2.69. The molecular weight excluding hydrogens is 399 g/mol. The molecule has 2 aromatic carbocycles. The first-order chi connectivity index (χ1) is 13.7. The Bertz CT molecular complexity index is 1170. The first kappa shape index (κ1) is 20.3. The molecule has 0 atom stereocenters. The first-order valence-electron chi connectivity index (χ1n) is 8.51. The highest BCUT2D eigenvalue weighted by atomic mass is 32.2. The monoisotopic (exact) mass is 418 g/mol.